The van der Waals surface area contributed by atoms with Crippen LogP contribution in [-0.2, 0) is 29.2 Å². The standard InChI is InChI=1S/C31H32N4O3/c32-30-29-26(25-14-8-3-9-15-25)18-35(31(29)34-22-33-30)17-16-28(38-20-24-12-6-2-7-13-24)27(36)21-37-19-23-10-4-1-5-11-23/h1-15,18,22,27-28,36H,16-17,19-21H2,(H2,32,33,34). The Hall–Kier alpha value is -4.04. The van der Waals surface area contributed by atoms with Gasteiger partial charge in [-0.15, -0.1) is 0 Å². The average molecular weight is 509 g/mol. The SMILES string of the molecule is Nc1ncnc2c1c(-c1ccccc1)cn2CCC(OCc1ccccc1)C(O)COCc1ccccc1. The zero-order valence-corrected chi connectivity index (χ0v) is 21.2. The molecule has 194 valence electrons. The number of hydrogen-bond donors (Lipinski definition) is 2. The van der Waals surface area contributed by atoms with Crippen molar-refractivity contribution in [3.8, 4) is 11.1 Å². The third-order valence-electron chi connectivity index (χ3n) is 6.56. The predicted octanol–water partition coefficient (Wildman–Crippen LogP) is 5.23. The van der Waals surface area contributed by atoms with Crippen LogP contribution < -0.4 is 5.73 Å². The van der Waals surface area contributed by atoms with Gasteiger partial charge in [0.1, 0.15) is 23.9 Å². The molecule has 0 aliphatic heterocycles. The second-order valence-electron chi connectivity index (χ2n) is 9.25. The van der Waals surface area contributed by atoms with Crippen molar-refractivity contribution < 1.29 is 14.6 Å². The van der Waals surface area contributed by atoms with Gasteiger partial charge in [0.25, 0.3) is 0 Å². The van der Waals surface area contributed by atoms with Gasteiger partial charge in [0.2, 0.25) is 0 Å². The van der Waals surface area contributed by atoms with Gasteiger partial charge in [-0.25, -0.2) is 9.97 Å². The molecule has 0 fully saturated rings. The Kier molecular flexibility index (Phi) is 8.40. The maximum Gasteiger partial charge on any atom is 0.146 e. The first-order valence-electron chi connectivity index (χ1n) is 12.8. The largest absolute Gasteiger partial charge is 0.388 e. The number of anilines is 1. The summed E-state index contributed by atoms with van der Waals surface area (Å²) in [5, 5.41) is 11.9. The second kappa shape index (κ2) is 12.5. The number of rotatable bonds is 12. The number of fused-ring (bicyclic) bond motifs is 1. The molecule has 0 bridgehead atoms. The molecule has 0 aliphatic carbocycles. The van der Waals surface area contributed by atoms with E-state index in [1.165, 1.54) is 6.33 Å². The van der Waals surface area contributed by atoms with Crippen molar-refractivity contribution in [1.82, 2.24) is 14.5 Å². The molecule has 5 aromatic rings. The molecule has 2 unspecified atom stereocenters. The number of aliphatic hydroxyl groups excluding tert-OH is 1. The molecule has 38 heavy (non-hydrogen) atoms. The van der Waals surface area contributed by atoms with Gasteiger partial charge < -0.3 is 24.9 Å². The molecule has 0 amide bonds. The van der Waals surface area contributed by atoms with Gasteiger partial charge in [-0.3, -0.25) is 0 Å². The Balaban J connectivity index is 1.33. The molecule has 2 atom stereocenters. The summed E-state index contributed by atoms with van der Waals surface area (Å²) in [6.45, 7) is 1.58. The number of nitrogens with zero attached hydrogens (tertiary/aromatic N) is 3. The monoisotopic (exact) mass is 508 g/mol. The molecule has 2 heterocycles. The van der Waals surface area contributed by atoms with E-state index >= 15 is 0 Å². The van der Waals surface area contributed by atoms with Gasteiger partial charge in [-0.1, -0.05) is 91.0 Å². The lowest BCUT2D eigenvalue weighted by atomic mass is 10.1. The van der Waals surface area contributed by atoms with E-state index in [1.54, 1.807) is 0 Å². The van der Waals surface area contributed by atoms with E-state index in [-0.39, 0.29) is 6.61 Å². The first-order chi connectivity index (χ1) is 18.7. The van der Waals surface area contributed by atoms with Crippen LogP contribution in [0.15, 0.2) is 104 Å². The minimum absolute atomic E-state index is 0.172. The number of benzene rings is 3. The number of aromatic nitrogens is 3. The van der Waals surface area contributed by atoms with Crippen LogP contribution in [0.2, 0.25) is 0 Å². The molecule has 0 spiro atoms. The van der Waals surface area contributed by atoms with Crippen LogP contribution in [0.25, 0.3) is 22.2 Å². The Labute approximate surface area is 222 Å². The van der Waals surface area contributed by atoms with Gasteiger partial charge in [0, 0.05) is 18.3 Å². The minimum atomic E-state index is -0.794. The van der Waals surface area contributed by atoms with E-state index < -0.39 is 12.2 Å². The van der Waals surface area contributed by atoms with Crippen molar-refractivity contribution in [2.75, 3.05) is 12.3 Å². The highest BCUT2D eigenvalue weighted by Gasteiger charge is 2.22. The molecule has 7 nitrogen and oxygen atoms in total. The Bertz CT molecular complexity index is 1430. The quantitative estimate of drug-likeness (QED) is 0.240. The maximum absolute atomic E-state index is 11.1. The summed E-state index contributed by atoms with van der Waals surface area (Å²) in [7, 11) is 0. The van der Waals surface area contributed by atoms with Crippen LogP contribution in [0.5, 0.6) is 0 Å². The molecule has 3 N–H and O–H groups in total. The zero-order chi connectivity index (χ0) is 26.2. The summed E-state index contributed by atoms with van der Waals surface area (Å²) in [5.41, 5.74) is 11.2. The molecule has 5 rings (SSSR count). The number of ether oxygens (including phenoxy) is 2. The van der Waals surface area contributed by atoms with Crippen LogP contribution in [0.4, 0.5) is 5.82 Å². The molecule has 3 aromatic carbocycles. The van der Waals surface area contributed by atoms with E-state index in [1.807, 2.05) is 91.0 Å². The normalized spacial score (nSPS) is 13.0. The predicted molar refractivity (Wildman–Crippen MR) is 149 cm³/mol. The van der Waals surface area contributed by atoms with Crippen LogP contribution in [0.1, 0.15) is 17.5 Å². The van der Waals surface area contributed by atoms with Crippen molar-refractivity contribution in [3.05, 3.63) is 115 Å². The number of hydrogen-bond acceptors (Lipinski definition) is 6. The Morgan fingerprint density at radius 1 is 0.816 bits per heavy atom. The summed E-state index contributed by atoms with van der Waals surface area (Å²) in [5.74, 6) is 0.443. The van der Waals surface area contributed by atoms with Gasteiger partial charge in [0.15, 0.2) is 0 Å². The van der Waals surface area contributed by atoms with Crippen molar-refractivity contribution in [2.24, 2.45) is 0 Å². The first kappa shape index (κ1) is 25.6. The first-order valence-corrected chi connectivity index (χ1v) is 12.8. The highest BCUT2D eigenvalue weighted by molar-refractivity contribution is 6.00. The number of nitrogens with two attached hydrogens (primary N) is 1. The smallest absolute Gasteiger partial charge is 0.146 e. The average Bonchev–Trinajstić information content (AvgIpc) is 3.34. The van der Waals surface area contributed by atoms with E-state index in [0.29, 0.717) is 32.0 Å². The highest BCUT2D eigenvalue weighted by Crippen LogP contribution is 2.32. The van der Waals surface area contributed by atoms with E-state index in [4.69, 9.17) is 15.2 Å². The summed E-state index contributed by atoms with van der Waals surface area (Å²) >= 11 is 0. The molecule has 0 saturated carbocycles. The molecule has 0 radical (unpaired) electrons. The fourth-order valence-corrected chi connectivity index (χ4v) is 4.56. The van der Waals surface area contributed by atoms with Crippen LogP contribution in [0.3, 0.4) is 0 Å². The lowest BCUT2D eigenvalue weighted by Crippen LogP contribution is -2.34. The number of aliphatic hydroxyl groups is 1. The van der Waals surface area contributed by atoms with Crippen molar-refractivity contribution in [3.63, 3.8) is 0 Å². The molecule has 0 saturated heterocycles. The van der Waals surface area contributed by atoms with Crippen molar-refractivity contribution >= 4 is 16.9 Å². The fraction of sp³-hybridized carbons (Fsp3) is 0.226. The summed E-state index contributed by atoms with van der Waals surface area (Å²) in [4.78, 5) is 8.76. The molecular formula is C31H32N4O3. The highest BCUT2D eigenvalue weighted by atomic mass is 16.5. The van der Waals surface area contributed by atoms with Crippen molar-refractivity contribution in [2.45, 2.75) is 38.4 Å². The molecule has 7 heteroatoms. The fourth-order valence-electron chi connectivity index (χ4n) is 4.56. The summed E-state index contributed by atoms with van der Waals surface area (Å²) in [6.07, 6.45) is 2.86. The second-order valence-corrected chi connectivity index (χ2v) is 9.25. The number of nitrogen functional groups attached to an aromatic ring is 1. The van der Waals surface area contributed by atoms with Gasteiger partial charge in [-0.05, 0) is 23.1 Å². The van der Waals surface area contributed by atoms with Crippen LogP contribution in [0, 0.1) is 0 Å². The third kappa shape index (κ3) is 6.26. The van der Waals surface area contributed by atoms with Crippen LogP contribution >= 0.6 is 0 Å². The molecular weight excluding hydrogens is 476 g/mol. The minimum Gasteiger partial charge on any atom is -0.388 e. The van der Waals surface area contributed by atoms with Crippen molar-refractivity contribution in [1.29, 1.82) is 0 Å². The maximum atomic E-state index is 11.1. The lowest BCUT2D eigenvalue weighted by molar-refractivity contribution is -0.0847. The van der Waals surface area contributed by atoms with E-state index in [9.17, 15) is 5.11 Å². The van der Waals surface area contributed by atoms with Gasteiger partial charge in [-0.2, -0.15) is 0 Å². The summed E-state index contributed by atoms with van der Waals surface area (Å²) in [6, 6.07) is 30.0. The Morgan fingerprint density at radius 2 is 1.45 bits per heavy atom. The number of aryl methyl sites for hydroxylation is 1. The van der Waals surface area contributed by atoms with E-state index in [2.05, 4.69) is 20.7 Å². The van der Waals surface area contributed by atoms with Gasteiger partial charge in [0.05, 0.1) is 31.3 Å². The van der Waals surface area contributed by atoms with Crippen LogP contribution in [-0.4, -0.2) is 38.5 Å². The summed E-state index contributed by atoms with van der Waals surface area (Å²) < 4.78 is 14.1. The lowest BCUT2D eigenvalue weighted by Gasteiger charge is -2.24. The zero-order valence-electron chi connectivity index (χ0n) is 21.2. The Morgan fingerprint density at radius 3 is 2.13 bits per heavy atom. The van der Waals surface area contributed by atoms with Gasteiger partial charge >= 0.3 is 0 Å². The van der Waals surface area contributed by atoms with E-state index in [0.717, 1.165) is 33.3 Å². The molecule has 0 aliphatic rings. The third-order valence-corrected chi connectivity index (χ3v) is 6.56. The topological polar surface area (TPSA) is 95.4 Å². The molecule has 2 aromatic heterocycles.